The zero-order valence-corrected chi connectivity index (χ0v) is 17.4. The van der Waals surface area contributed by atoms with Crippen molar-refractivity contribution < 1.29 is 22.7 Å². The van der Waals surface area contributed by atoms with Crippen LogP contribution in [-0.4, -0.2) is 22.1 Å². The average Bonchev–Trinajstić information content (AvgIpc) is 3.06. The number of alkyl halides is 3. The fourth-order valence-electron chi connectivity index (χ4n) is 3.24. The summed E-state index contributed by atoms with van der Waals surface area (Å²) in [5.41, 5.74) is 0.597. The van der Waals surface area contributed by atoms with E-state index in [4.69, 9.17) is 21.6 Å². The van der Waals surface area contributed by atoms with Gasteiger partial charge in [0.2, 0.25) is 0 Å². The smallest absolute Gasteiger partial charge is 0.432 e. The predicted molar refractivity (Wildman–Crippen MR) is 109 cm³/mol. The Hall–Kier alpha value is -3.31. The molecule has 9 heteroatoms. The lowest BCUT2D eigenvalue weighted by Crippen LogP contribution is -2.17. The number of nitriles is 1. The van der Waals surface area contributed by atoms with Gasteiger partial charge in [-0.05, 0) is 49.2 Å². The zero-order valence-electron chi connectivity index (χ0n) is 16.6. The Kier molecular flexibility index (Phi) is 6.37. The second kappa shape index (κ2) is 8.82. The number of aromatic nitrogens is 2. The van der Waals surface area contributed by atoms with Gasteiger partial charge in [-0.3, -0.25) is 0 Å². The molecule has 0 amide bonds. The highest BCUT2D eigenvalue weighted by Crippen LogP contribution is 2.40. The molecule has 0 aliphatic carbocycles. The Labute approximate surface area is 181 Å². The zero-order chi connectivity index (χ0) is 22.8. The second-order valence-corrected chi connectivity index (χ2v) is 7.08. The summed E-state index contributed by atoms with van der Waals surface area (Å²) in [6.45, 7) is 3.15. The summed E-state index contributed by atoms with van der Waals surface area (Å²) >= 11 is 5.95. The minimum Gasteiger partial charge on any atom is -0.462 e. The third-order valence-electron chi connectivity index (χ3n) is 4.63. The van der Waals surface area contributed by atoms with Gasteiger partial charge in [0.1, 0.15) is 10.8 Å². The number of rotatable bonds is 5. The summed E-state index contributed by atoms with van der Waals surface area (Å²) in [5.74, 6) is -0.694. The fourth-order valence-corrected chi connectivity index (χ4v) is 3.42. The van der Waals surface area contributed by atoms with Gasteiger partial charge >= 0.3 is 12.1 Å². The number of carbonyl (C=O) groups excluding carboxylic acids is 1. The van der Waals surface area contributed by atoms with Crippen LogP contribution in [-0.2, 0) is 17.5 Å². The molecule has 0 aliphatic heterocycles. The fraction of sp³-hybridized carbons (Fsp3) is 0.227. The molecule has 0 fully saturated rings. The lowest BCUT2D eigenvalue weighted by molar-refractivity contribution is -0.142. The summed E-state index contributed by atoms with van der Waals surface area (Å²) in [6.07, 6.45) is -3.31. The molecule has 0 N–H and O–H groups in total. The van der Waals surface area contributed by atoms with Crippen LogP contribution in [0.5, 0.6) is 0 Å². The van der Waals surface area contributed by atoms with Gasteiger partial charge in [0.05, 0.1) is 23.8 Å². The SMILES string of the molecule is CCOC(=O)c1cc(Cn2c(C)cc(-c3ccc(C#N)cc3)c2C(F)(F)F)cnc1Cl. The van der Waals surface area contributed by atoms with E-state index >= 15 is 0 Å². The van der Waals surface area contributed by atoms with Crippen molar-refractivity contribution in [3.8, 4) is 17.2 Å². The molecule has 0 saturated heterocycles. The number of aryl methyl sites for hydroxylation is 1. The molecule has 2 heterocycles. The van der Waals surface area contributed by atoms with Gasteiger partial charge in [-0.2, -0.15) is 18.4 Å². The van der Waals surface area contributed by atoms with E-state index in [1.54, 1.807) is 13.8 Å². The number of benzene rings is 1. The molecule has 31 heavy (non-hydrogen) atoms. The van der Waals surface area contributed by atoms with Crippen LogP contribution in [0.1, 0.15) is 39.8 Å². The number of nitrogens with zero attached hydrogens (tertiary/aromatic N) is 3. The van der Waals surface area contributed by atoms with Crippen LogP contribution in [0.4, 0.5) is 13.2 Å². The lowest BCUT2D eigenvalue weighted by atomic mass is 10.0. The van der Waals surface area contributed by atoms with Crippen LogP contribution in [0.25, 0.3) is 11.1 Å². The van der Waals surface area contributed by atoms with Crippen molar-refractivity contribution in [1.82, 2.24) is 9.55 Å². The van der Waals surface area contributed by atoms with Crippen molar-refractivity contribution >= 4 is 17.6 Å². The molecule has 0 aliphatic rings. The van der Waals surface area contributed by atoms with E-state index in [1.165, 1.54) is 42.6 Å². The highest BCUT2D eigenvalue weighted by molar-refractivity contribution is 6.32. The van der Waals surface area contributed by atoms with Gasteiger partial charge < -0.3 is 9.30 Å². The van der Waals surface area contributed by atoms with Crippen molar-refractivity contribution in [2.45, 2.75) is 26.6 Å². The maximum absolute atomic E-state index is 14.0. The summed E-state index contributed by atoms with van der Waals surface area (Å²) < 4.78 is 48.2. The second-order valence-electron chi connectivity index (χ2n) is 6.72. The molecular formula is C22H17ClF3N3O2. The van der Waals surface area contributed by atoms with Crippen molar-refractivity contribution in [3.05, 3.63) is 75.8 Å². The first-order valence-electron chi connectivity index (χ1n) is 9.25. The van der Waals surface area contributed by atoms with Gasteiger partial charge in [-0.1, -0.05) is 23.7 Å². The van der Waals surface area contributed by atoms with E-state index in [-0.39, 0.29) is 29.4 Å². The van der Waals surface area contributed by atoms with E-state index in [1.807, 2.05) is 6.07 Å². The average molecular weight is 448 g/mol. The predicted octanol–water partition coefficient (Wildman–Crippen LogP) is 5.63. The minimum atomic E-state index is -4.64. The number of carbonyl (C=O) groups is 1. The molecule has 0 spiro atoms. The van der Waals surface area contributed by atoms with Crippen LogP contribution in [0.3, 0.4) is 0 Å². The summed E-state index contributed by atoms with van der Waals surface area (Å²) in [6, 6.07) is 10.7. The Bertz CT molecular complexity index is 1160. The van der Waals surface area contributed by atoms with Gasteiger partial charge in [0.25, 0.3) is 0 Å². The minimum absolute atomic E-state index is 0.00188. The van der Waals surface area contributed by atoms with E-state index in [0.717, 1.165) is 4.57 Å². The number of ether oxygens (including phenoxy) is 1. The van der Waals surface area contributed by atoms with Gasteiger partial charge in [0, 0.05) is 24.0 Å². The van der Waals surface area contributed by atoms with Crippen LogP contribution in [0.15, 0.2) is 42.6 Å². The Balaban J connectivity index is 2.08. The Morgan fingerprint density at radius 3 is 2.52 bits per heavy atom. The standard InChI is InChI=1S/C22H17ClF3N3O2/c1-3-31-21(30)18-9-15(11-28-20(18)23)12-29-13(2)8-17(19(29)22(24,25)26)16-6-4-14(10-27)5-7-16/h4-9,11H,3,12H2,1-2H3. The number of pyridine rings is 1. The van der Waals surface area contributed by atoms with E-state index < -0.39 is 17.8 Å². The van der Waals surface area contributed by atoms with Crippen molar-refractivity contribution in [1.29, 1.82) is 5.26 Å². The monoisotopic (exact) mass is 447 g/mol. The first kappa shape index (κ1) is 22.4. The van der Waals surface area contributed by atoms with Crippen molar-refractivity contribution in [2.24, 2.45) is 0 Å². The van der Waals surface area contributed by atoms with Gasteiger partial charge in [-0.25, -0.2) is 9.78 Å². The van der Waals surface area contributed by atoms with Crippen LogP contribution in [0, 0.1) is 18.3 Å². The molecule has 2 aromatic heterocycles. The summed E-state index contributed by atoms with van der Waals surface area (Å²) in [5, 5.41) is 8.84. The van der Waals surface area contributed by atoms with E-state index in [0.29, 0.717) is 22.4 Å². The maximum atomic E-state index is 14.0. The topological polar surface area (TPSA) is 67.9 Å². The first-order valence-corrected chi connectivity index (χ1v) is 9.63. The Morgan fingerprint density at radius 2 is 1.94 bits per heavy atom. The molecule has 3 rings (SSSR count). The highest BCUT2D eigenvalue weighted by atomic mass is 35.5. The van der Waals surface area contributed by atoms with E-state index in [9.17, 15) is 18.0 Å². The van der Waals surface area contributed by atoms with Crippen LogP contribution < -0.4 is 0 Å². The van der Waals surface area contributed by atoms with Crippen LogP contribution >= 0.6 is 11.6 Å². The molecule has 0 radical (unpaired) electrons. The molecule has 3 aromatic rings. The molecular weight excluding hydrogens is 431 g/mol. The lowest BCUT2D eigenvalue weighted by Gasteiger charge is -2.16. The first-order chi connectivity index (χ1) is 14.7. The third-order valence-corrected chi connectivity index (χ3v) is 4.93. The molecule has 0 atom stereocenters. The molecule has 1 aromatic carbocycles. The molecule has 5 nitrogen and oxygen atoms in total. The number of halogens is 4. The summed E-state index contributed by atoms with van der Waals surface area (Å²) in [4.78, 5) is 16.0. The largest absolute Gasteiger partial charge is 0.462 e. The van der Waals surface area contributed by atoms with Gasteiger partial charge in [0.15, 0.2) is 0 Å². The number of esters is 1. The molecule has 0 saturated carbocycles. The molecule has 160 valence electrons. The normalized spacial score (nSPS) is 11.3. The maximum Gasteiger partial charge on any atom is 0.432 e. The molecule has 0 bridgehead atoms. The molecule has 0 unspecified atom stereocenters. The van der Waals surface area contributed by atoms with E-state index in [2.05, 4.69) is 4.98 Å². The van der Waals surface area contributed by atoms with Crippen molar-refractivity contribution in [2.75, 3.05) is 6.61 Å². The summed E-state index contributed by atoms with van der Waals surface area (Å²) in [7, 11) is 0. The number of hydrogen-bond donors (Lipinski definition) is 0. The van der Waals surface area contributed by atoms with Gasteiger partial charge in [-0.15, -0.1) is 0 Å². The quantitative estimate of drug-likeness (QED) is 0.375. The number of hydrogen-bond acceptors (Lipinski definition) is 4. The van der Waals surface area contributed by atoms with Crippen LogP contribution in [0.2, 0.25) is 5.15 Å². The highest BCUT2D eigenvalue weighted by Gasteiger charge is 2.38. The van der Waals surface area contributed by atoms with Crippen molar-refractivity contribution in [3.63, 3.8) is 0 Å². The third kappa shape index (κ3) is 4.72. The Morgan fingerprint density at radius 1 is 1.26 bits per heavy atom.